The standard InChI is InChI=1S/C11H14N4O2/c1-6-3-8(7(2)17-6)4-13-11-9(10(12)16)5-14-15-11/h3,5H,4H2,1-2H3,(H2,12,16)(H2,13,14,15). The number of anilines is 1. The Morgan fingerprint density at radius 1 is 1.59 bits per heavy atom. The van der Waals surface area contributed by atoms with Gasteiger partial charge in [0.05, 0.1) is 6.20 Å². The molecule has 0 aromatic carbocycles. The second kappa shape index (κ2) is 4.32. The topological polar surface area (TPSA) is 96.9 Å². The van der Waals surface area contributed by atoms with Gasteiger partial charge in [-0.1, -0.05) is 0 Å². The molecule has 0 fully saturated rings. The normalized spacial score (nSPS) is 10.5. The zero-order valence-corrected chi connectivity index (χ0v) is 9.70. The van der Waals surface area contributed by atoms with Gasteiger partial charge in [-0.25, -0.2) is 0 Å². The lowest BCUT2D eigenvalue weighted by Crippen LogP contribution is -2.13. The minimum Gasteiger partial charge on any atom is -0.466 e. The Hall–Kier alpha value is -2.24. The number of aromatic amines is 1. The van der Waals surface area contributed by atoms with E-state index in [0.717, 1.165) is 17.1 Å². The van der Waals surface area contributed by atoms with E-state index in [1.165, 1.54) is 6.20 Å². The van der Waals surface area contributed by atoms with E-state index in [-0.39, 0.29) is 0 Å². The lowest BCUT2D eigenvalue weighted by atomic mass is 10.2. The van der Waals surface area contributed by atoms with Gasteiger partial charge in [-0.3, -0.25) is 9.89 Å². The molecular weight excluding hydrogens is 220 g/mol. The molecule has 0 aliphatic carbocycles. The molecule has 0 aliphatic heterocycles. The molecule has 0 saturated carbocycles. The summed E-state index contributed by atoms with van der Waals surface area (Å²) in [6.45, 7) is 4.33. The maximum Gasteiger partial charge on any atom is 0.254 e. The number of rotatable bonds is 4. The first-order valence-corrected chi connectivity index (χ1v) is 5.21. The zero-order valence-electron chi connectivity index (χ0n) is 9.70. The highest BCUT2D eigenvalue weighted by Gasteiger charge is 2.11. The molecule has 6 nitrogen and oxygen atoms in total. The summed E-state index contributed by atoms with van der Waals surface area (Å²) in [4.78, 5) is 11.1. The third kappa shape index (κ3) is 2.30. The first-order chi connectivity index (χ1) is 8.08. The number of nitrogens with two attached hydrogens (primary N) is 1. The van der Waals surface area contributed by atoms with E-state index >= 15 is 0 Å². The number of amides is 1. The van der Waals surface area contributed by atoms with Crippen molar-refractivity contribution in [3.63, 3.8) is 0 Å². The van der Waals surface area contributed by atoms with E-state index in [4.69, 9.17) is 10.2 Å². The quantitative estimate of drug-likeness (QED) is 0.743. The van der Waals surface area contributed by atoms with Gasteiger partial charge >= 0.3 is 0 Å². The lowest BCUT2D eigenvalue weighted by molar-refractivity contribution is 0.100. The number of furan rings is 1. The van der Waals surface area contributed by atoms with Crippen LogP contribution in [0, 0.1) is 13.8 Å². The highest BCUT2D eigenvalue weighted by molar-refractivity contribution is 5.97. The van der Waals surface area contributed by atoms with E-state index in [1.54, 1.807) is 0 Å². The molecule has 0 saturated heterocycles. The molecule has 2 aromatic rings. The summed E-state index contributed by atoms with van der Waals surface area (Å²) in [6, 6.07) is 1.95. The first-order valence-electron chi connectivity index (χ1n) is 5.21. The van der Waals surface area contributed by atoms with Crippen LogP contribution in [0.25, 0.3) is 0 Å². The van der Waals surface area contributed by atoms with Crippen molar-refractivity contribution in [3.8, 4) is 0 Å². The number of hydrogen-bond acceptors (Lipinski definition) is 4. The molecule has 2 heterocycles. The molecule has 1 amide bonds. The smallest absolute Gasteiger partial charge is 0.254 e. The van der Waals surface area contributed by atoms with Crippen molar-refractivity contribution in [2.24, 2.45) is 5.73 Å². The van der Waals surface area contributed by atoms with Crippen molar-refractivity contribution in [3.05, 3.63) is 34.9 Å². The fourth-order valence-electron chi connectivity index (χ4n) is 1.65. The van der Waals surface area contributed by atoms with Crippen molar-refractivity contribution >= 4 is 11.7 Å². The van der Waals surface area contributed by atoms with Crippen molar-refractivity contribution < 1.29 is 9.21 Å². The molecule has 17 heavy (non-hydrogen) atoms. The summed E-state index contributed by atoms with van der Waals surface area (Å²) in [5, 5.41) is 9.53. The molecule has 4 N–H and O–H groups in total. The van der Waals surface area contributed by atoms with Crippen LogP contribution in [0.4, 0.5) is 5.82 Å². The molecule has 0 unspecified atom stereocenters. The molecule has 2 rings (SSSR count). The molecule has 2 aromatic heterocycles. The number of aryl methyl sites for hydroxylation is 2. The van der Waals surface area contributed by atoms with E-state index in [0.29, 0.717) is 17.9 Å². The molecule has 0 bridgehead atoms. The number of nitrogens with one attached hydrogen (secondary N) is 2. The summed E-state index contributed by atoms with van der Waals surface area (Å²) in [6.07, 6.45) is 1.40. The third-order valence-corrected chi connectivity index (χ3v) is 2.50. The van der Waals surface area contributed by atoms with Crippen molar-refractivity contribution in [1.29, 1.82) is 0 Å². The molecule has 6 heteroatoms. The number of primary amides is 1. The number of H-pyrrole nitrogens is 1. The number of hydrogen-bond donors (Lipinski definition) is 3. The van der Waals surface area contributed by atoms with Crippen LogP contribution in [0.2, 0.25) is 0 Å². The summed E-state index contributed by atoms with van der Waals surface area (Å²) >= 11 is 0. The number of carbonyl (C=O) groups is 1. The highest BCUT2D eigenvalue weighted by Crippen LogP contribution is 2.16. The van der Waals surface area contributed by atoms with Crippen LogP contribution >= 0.6 is 0 Å². The van der Waals surface area contributed by atoms with E-state index in [1.807, 2.05) is 19.9 Å². The predicted octanol–water partition coefficient (Wildman–Crippen LogP) is 1.33. The van der Waals surface area contributed by atoms with E-state index in [2.05, 4.69) is 15.5 Å². The summed E-state index contributed by atoms with van der Waals surface area (Å²) in [7, 11) is 0. The van der Waals surface area contributed by atoms with Gasteiger partial charge < -0.3 is 15.5 Å². The molecule has 0 aliphatic rings. The fourth-order valence-corrected chi connectivity index (χ4v) is 1.65. The number of carbonyl (C=O) groups excluding carboxylic acids is 1. The molecule has 0 atom stereocenters. The van der Waals surface area contributed by atoms with Gasteiger partial charge in [0.25, 0.3) is 5.91 Å². The van der Waals surface area contributed by atoms with Crippen LogP contribution in [0.1, 0.15) is 27.4 Å². The van der Waals surface area contributed by atoms with Crippen molar-refractivity contribution in [1.82, 2.24) is 10.2 Å². The Labute approximate surface area is 98.2 Å². The minimum atomic E-state index is -0.513. The summed E-state index contributed by atoms with van der Waals surface area (Å²) in [5.41, 5.74) is 6.59. The van der Waals surface area contributed by atoms with Gasteiger partial charge in [0.2, 0.25) is 0 Å². The van der Waals surface area contributed by atoms with Crippen LogP contribution in [-0.2, 0) is 6.54 Å². The fraction of sp³-hybridized carbons (Fsp3) is 0.273. The number of nitrogens with zero attached hydrogens (tertiary/aromatic N) is 1. The van der Waals surface area contributed by atoms with Gasteiger partial charge in [-0.2, -0.15) is 5.10 Å². The second-order valence-corrected chi connectivity index (χ2v) is 3.81. The monoisotopic (exact) mass is 234 g/mol. The average molecular weight is 234 g/mol. The molecule has 90 valence electrons. The van der Waals surface area contributed by atoms with Crippen LogP contribution in [0.5, 0.6) is 0 Å². The molecule has 0 radical (unpaired) electrons. The van der Waals surface area contributed by atoms with Crippen LogP contribution in [-0.4, -0.2) is 16.1 Å². The van der Waals surface area contributed by atoms with E-state index < -0.39 is 5.91 Å². The third-order valence-electron chi connectivity index (χ3n) is 2.50. The number of aromatic nitrogens is 2. The Morgan fingerprint density at radius 3 is 2.94 bits per heavy atom. The predicted molar refractivity (Wildman–Crippen MR) is 62.6 cm³/mol. The SMILES string of the molecule is Cc1cc(CNc2[nH]ncc2C(N)=O)c(C)o1. The summed E-state index contributed by atoms with van der Waals surface area (Å²) < 4.78 is 5.40. The Kier molecular flexibility index (Phi) is 2.86. The maximum absolute atomic E-state index is 11.1. The largest absolute Gasteiger partial charge is 0.466 e. The van der Waals surface area contributed by atoms with Crippen LogP contribution < -0.4 is 11.1 Å². The van der Waals surface area contributed by atoms with Crippen LogP contribution in [0.3, 0.4) is 0 Å². The van der Waals surface area contributed by atoms with Gasteiger partial charge in [0.1, 0.15) is 22.9 Å². The molecule has 0 spiro atoms. The van der Waals surface area contributed by atoms with E-state index in [9.17, 15) is 4.79 Å². The first kappa shape index (κ1) is 11.3. The minimum absolute atomic E-state index is 0.350. The van der Waals surface area contributed by atoms with Crippen LogP contribution in [0.15, 0.2) is 16.7 Å². The Morgan fingerprint density at radius 2 is 2.35 bits per heavy atom. The maximum atomic E-state index is 11.1. The van der Waals surface area contributed by atoms with Gasteiger partial charge in [0, 0.05) is 12.1 Å². The van der Waals surface area contributed by atoms with Gasteiger partial charge in [-0.05, 0) is 19.9 Å². The zero-order chi connectivity index (χ0) is 12.4. The highest BCUT2D eigenvalue weighted by atomic mass is 16.3. The Balaban J connectivity index is 2.10. The summed E-state index contributed by atoms with van der Waals surface area (Å²) in [5.74, 6) is 1.73. The van der Waals surface area contributed by atoms with Gasteiger partial charge in [-0.15, -0.1) is 0 Å². The van der Waals surface area contributed by atoms with Gasteiger partial charge in [0.15, 0.2) is 0 Å². The van der Waals surface area contributed by atoms with Crippen molar-refractivity contribution in [2.75, 3.05) is 5.32 Å². The molecular formula is C11H14N4O2. The lowest BCUT2D eigenvalue weighted by Gasteiger charge is -2.03. The van der Waals surface area contributed by atoms with Crippen molar-refractivity contribution in [2.45, 2.75) is 20.4 Å². The second-order valence-electron chi connectivity index (χ2n) is 3.81. The average Bonchev–Trinajstić information content (AvgIpc) is 2.82. The Bertz CT molecular complexity index is 541.